The molecule has 20 heavy (non-hydrogen) atoms. The molecule has 104 valence electrons. The minimum atomic E-state index is -0.186. The number of nitrogens with two attached hydrogens (primary N) is 1. The van der Waals surface area contributed by atoms with Crippen LogP contribution >= 0.6 is 11.8 Å². The number of H-pyrrole nitrogens is 1. The first-order valence-electron chi connectivity index (χ1n) is 5.76. The minimum absolute atomic E-state index is 0.0133. The van der Waals surface area contributed by atoms with Crippen LogP contribution in [0.5, 0.6) is 0 Å². The van der Waals surface area contributed by atoms with E-state index >= 15 is 0 Å². The van der Waals surface area contributed by atoms with E-state index in [-0.39, 0.29) is 23.4 Å². The van der Waals surface area contributed by atoms with Gasteiger partial charge in [-0.05, 0) is 31.2 Å². The summed E-state index contributed by atoms with van der Waals surface area (Å²) in [6.45, 7) is 1.49. The lowest BCUT2D eigenvalue weighted by Gasteiger charge is -2.04. The number of aromatic amines is 1. The molecule has 0 aliphatic heterocycles. The quantitative estimate of drug-likeness (QED) is 0.565. The predicted molar refractivity (Wildman–Crippen MR) is 76.6 cm³/mol. The summed E-state index contributed by atoms with van der Waals surface area (Å²) < 4.78 is 0. The number of anilines is 2. The van der Waals surface area contributed by atoms with E-state index < -0.39 is 0 Å². The number of hydrogen-bond donors (Lipinski definition) is 3. The van der Waals surface area contributed by atoms with Gasteiger partial charge < -0.3 is 11.1 Å². The summed E-state index contributed by atoms with van der Waals surface area (Å²) in [4.78, 5) is 26.7. The van der Waals surface area contributed by atoms with Gasteiger partial charge in [0.25, 0.3) is 0 Å². The Morgan fingerprint density at radius 2 is 2.05 bits per heavy atom. The highest BCUT2D eigenvalue weighted by molar-refractivity contribution is 7.99. The minimum Gasteiger partial charge on any atom is -0.368 e. The van der Waals surface area contributed by atoms with Crippen molar-refractivity contribution in [2.45, 2.75) is 12.1 Å². The Morgan fingerprint density at radius 1 is 1.35 bits per heavy atom. The zero-order valence-corrected chi connectivity index (χ0v) is 11.5. The maximum absolute atomic E-state index is 11.7. The van der Waals surface area contributed by atoms with Crippen LogP contribution in [0.3, 0.4) is 0 Å². The Labute approximate surface area is 119 Å². The molecule has 0 radical (unpaired) electrons. The summed E-state index contributed by atoms with van der Waals surface area (Å²) in [6, 6.07) is 6.70. The highest BCUT2D eigenvalue weighted by Crippen LogP contribution is 2.14. The Bertz CT molecular complexity index is 623. The number of rotatable bonds is 5. The summed E-state index contributed by atoms with van der Waals surface area (Å²) in [5.74, 6) is 0.188. The third kappa shape index (κ3) is 3.82. The molecular weight excluding hydrogens is 278 g/mol. The number of ketones is 1. The molecular formula is C12H13N5O2S. The van der Waals surface area contributed by atoms with Crippen LogP contribution in [0.4, 0.5) is 11.6 Å². The molecule has 0 spiro atoms. The summed E-state index contributed by atoms with van der Waals surface area (Å²) in [5.41, 5.74) is 6.62. The van der Waals surface area contributed by atoms with Crippen LogP contribution in [0.15, 0.2) is 29.4 Å². The zero-order valence-electron chi connectivity index (χ0n) is 10.7. The van der Waals surface area contributed by atoms with Gasteiger partial charge in [0.15, 0.2) is 5.78 Å². The van der Waals surface area contributed by atoms with Crippen LogP contribution in [0, 0.1) is 0 Å². The fourth-order valence-corrected chi connectivity index (χ4v) is 2.04. The number of nitrogens with one attached hydrogen (secondary N) is 2. The highest BCUT2D eigenvalue weighted by atomic mass is 32.2. The lowest BCUT2D eigenvalue weighted by atomic mass is 10.1. The number of nitrogen functional groups attached to an aromatic ring is 1. The van der Waals surface area contributed by atoms with Gasteiger partial charge in [-0.1, -0.05) is 11.8 Å². The van der Waals surface area contributed by atoms with Crippen LogP contribution in [0.25, 0.3) is 0 Å². The average molecular weight is 291 g/mol. The molecule has 0 bridgehead atoms. The first-order valence-corrected chi connectivity index (χ1v) is 6.74. The smallest absolute Gasteiger partial charge is 0.234 e. The first-order chi connectivity index (χ1) is 9.54. The molecule has 8 heteroatoms. The third-order valence-corrected chi connectivity index (χ3v) is 3.24. The van der Waals surface area contributed by atoms with E-state index in [1.807, 2.05) is 0 Å². The van der Waals surface area contributed by atoms with Gasteiger partial charge in [0.05, 0.1) is 5.75 Å². The topological polar surface area (TPSA) is 114 Å². The molecule has 0 fully saturated rings. The van der Waals surface area contributed by atoms with E-state index in [4.69, 9.17) is 5.73 Å². The fraction of sp³-hybridized carbons (Fsp3) is 0.167. The number of nitrogens with zero attached hydrogens (tertiary/aromatic N) is 2. The second-order valence-electron chi connectivity index (χ2n) is 3.97. The molecule has 1 aromatic heterocycles. The molecule has 0 aliphatic rings. The van der Waals surface area contributed by atoms with E-state index in [1.54, 1.807) is 24.3 Å². The van der Waals surface area contributed by atoms with Crippen molar-refractivity contribution in [1.29, 1.82) is 0 Å². The Kier molecular flexibility index (Phi) is 4.36. The number of thioether (sulfide) groups is 1. The summed E-state index contributed by atoms with van der Waals surface area (Å²) in [6.07, 6.45) is 0. The Balaban J connectivity index is 1.86. The Morgan fingerprint density at radius 3 is 2.60 bits per heavy atom. The lowest BCUT2D eigenvalue weighted by Crippen LogP contribution is -2.14. The van der Waals surface area contributed by atoms with Gasteiger partial charge >= 0.3 is 0 Å². The van der Waals surface area contributed by atoms with E-state index in [0.29, 0.717) is 16.4 Å². The lowest BCUT2D eigenvalue weighted by molar-refractivity contribution is -0.113. The number of benzene rings is 1. The van der Waals surface area contributed by atoms with Crippen LogP contribution in [0.2, 0.25) is 0 Å². The maximum atomic E-state index is 11.7. The largest absolute Gasteiger partial charge is 0.368 e. The normalized spacial score (nSPS) is 10.2. The highest BCUT2D eigenvalue weighted by Gasteiger charge is 2.07. The number of hydrogen-bond acceptors (Lipinski definition) is 6. The number of carbonyl (C=O) groups excluding carboxylic acids is 2. The second-order valence-corrected chi connectivity index (χ2v) is 4.92. The molecule has 2 aromatic rings. The van der Waals surface area contributed by atoms with E-state index in [0.717, 1.165) is 0 Å². The third-order valence-electron chi connectivity index (χ3n) is 2.39. The molecule has 0 saturated heterocycles. The molecule has 4 N–H and O–H groups in total. The first kappa shape index (κ1) is 14.1. The molecule has 0 unspecified atom stereocenters. The van der Waals surface area contributed by atoms with Crippen LogP contribution in [0.1, 0.15) is 17.3 Å². The van der Waals surface area contributed by atoms with Crippen LogP contribution in [-0.2, 0) is 4.79 Å². The fourth-order valence-electron chi connectivity index (χ4n) is 1.44. The number of aromatic nitrogens is 3. The SMILES string of the molecule is CC(=O)c1ccc(NC(=O)CSc2n[nH]c(N)n2)cc1. The number of carbonyl (C=O) groups is 2. The second kappa shape index (κ2) is 6.20. The van der Waals surface area contributed by atoms with E-state index in [2.05, 4.69) is 20.5 Å². The molecule has 0 saturated carbocycles. The molecule has 0 aliphatic carbocycles. The molecule has 1 aromatic carbocycles. The molecule has 1 amide bonds. The van der Waals surface area contributed by atoms with E-state index in [1.165, 1.54) is 18.7 Å². The Hall–Kier alpha value is -2.35. The summed E-state index contributed by atoms with van der Waals surface area (Å²) in [7, 11) is 0. The van der Waals surface area contributed by atoms with Gasteiger partial charge in [0, 0.05) is 11.3 Å². The van der Waals surface area contributed by atoms with Crippen molar-refractivity contribution in [2.24, 2.45) is 0 Å². The van der Waals surface area contributed by atoms with Crippen molar-refractivity contribution in [3.8, 4) is 0 Å². The standard InChI is InChI=1S/C12H13N5O2S/c1-7(18)8-2-4-9(5-3-8)14-10(19)6-20-12-15-11(13)16-17-12/h2-5H,6H2,1H3,(H,14,19)(H3,13,15,16,17). The van der Waals surface area contributed by atoms with Gasteiger partial charge in [0.2, 0.25) is 17.0 Å². The van der Waals surface area contributed by atoms with Crippen molar-refractivity contribution in [3.05, 3.63) is 29.8 Å². The van der Waals surface area contributed by atoms with Crippen LogP contribution in [-0.4, -0.2) is 32.6 Å². The average Bonchev–Trinajstić information content (AvgIpc) is 2.83. The van der Waals surface area contributed by atoms with Crippen molar-refractivity contribution in [3.63, 3.8) is 0 Å². The predicted octanol–water partition coefficient (Wildman–Crippen LogP) is 1.32. The number of Topliss-reactive ketones (excluding diaryl/α,β-unsaturated/α-hetero) is 1. The molecule has 0 atom stereocenters. The van der Waals surface area contributed by atoms with Gasteiger partial charge in [-0.15, -0.1) is 5.10 Å². The summed E-state index contributed by atoms with van der Waals surface area (Å²) >= 11 is 1.18. The summed E-state index contributed by atoms with van der Waals surface area (Å²) in [5, 5.41) is 9.44. The van der Waals surface area contributed by atoms with Gasteiger partial charge in [-0.25, -0.2) is 5.10 Å². The number of amides is 1. The van der Waals surface area contributed by atoms with Gasteiger partial charge in [-0.2, -0.15) is 4.98 Å². The zero-order chi connectivity index (χ0) is 14.5. The van der Waals surface area contributed by atoms with Crippen molar-refractivity contribution >= 4 is 35.1 Å². The molecule has 7 nitrogen and oxygen atoms in total. The van der Waals surface area contributed by atoms with Crippen molar-refractivity contribution in [1.82, 2.24) is 15.2 Å². The van der Waals surface area contributed by atoms with Crippen molar-refractivity contribution in [2.75, 3.05) is 16.8 Å². The maximum Gasteiger partial charge on any atom is 0.234 e. The monoisotopic (exact) mass is 291 g/mol. The van der Waals surface area contributed by atoms with Crippen LogP contribution < -0.4 is 11.1 Å². The van der Waals surface area contributed by atoms with Crippen molar-refractivity contribution < 1.29 is 9.59 Å². The molecule has 1 heterocycles. The van der Waals surface area contributed by atoms with E-state index in [9.17, 15) is 9.59 Å². The van der Waals surface area contributed by atoms with Gasteiger partial charge in [0.1, 0.15) is 0 Å². The van der Waals surface area contributed by atoms with Gasteiger partial charge in [-0.3, -0.25) is 9.59 Å². The molecule has 2 rings (SSSR count).